The number of methoxy groups -OCH3 is 1. The van der Waals surface area contributed by atoms with Gasteiger partial charge in [-0.05, 0) is 42.2 Å². The number of hydrogen-bond acceptors (Lipinski definition) is 5. The van der Waals surface area contributed by atoms with Crippen molar-refractivity contribution in [1.82, 2.24) is 14.8 Å². The highest BCUT2D eigenvalue weighted by molar-refractivity contribution is 7.99. The van der Waals surface area contributed by atoms with Crippen molar-refractivity contribution in [2.45, 2.75) is 31.3 Å². The fourth-order valence-electron chi connectivity index (χ4n) is 2.88. The highest BCUT2D eigenvalue weighted by Crippen LogP contribution is 2.25. The number of carbonyl (C=O) groups excluding carboxylic acids is 1. The van der Waals surface area contributed by atoms with E-state index < -0.39 is 0 Å². The van der Waals surface area contributed by atoms with Gasteiger partial charge in [0.25, 0.3) is 0 Å². The quantitative estimate of drug-likeness (QED) is 0.398. The van der Waals surface area contributed by atoms with E-state index in [1.54, 1.807) is 7.11 Å². The maximum atomic E-state index is 12.5. The molecule has 0 aliphatic carbocycles. The summed E-state index contributed by atoms with van der Waals surface area (Å²) >= 11 is 1.40. The van der Waals surface area contributed by atoms with E-state index in [0.29, 0.717) is 11.7 Å². The third-order valence-corrected chi connectivity index (χ3v) is 5.95. The Morgan fingerprint density at radius 1 is 1.11 bits per heavy atom. The molecule has 0 unspecified atom stereocenters. The Labute approximate surface area is 170 Å². The van der Waals surface area contributed by atoms with Crippen molar-refractivity contribution in [3.05, 3.63) is 59.7 Å². The molecule has 3 aromatic rings. The first kappa shape index (κ1) is 20.1. The Morgan fingerprint density at radius 2 is 1.79 bits per heavy atom. The molecule has 0 bridgehead atoms. The number of thioether (sulfide) groups is 1. The molecule has 0 saturated heterocycles. The second-order valence-electron chi connectivity index (χ2n) is 6.74. The number of carbonyl (C=O) groups is 1. The SMILES string of the molecule is CC[C@H](C)c1ccc(C(=O)CSc2nnc(-c3ccc(OC)cc3)n2C)cc1. The Kier molecular flexibility index (Phi) is 6.52. The zero-order valence-corrected chi connectivity index (χ0v) is 17.5. The first-order valence-electron chi connectivity index (χ1n) is 9.33. The average Bonchev–Trinajstić information content (AvgIpc) is 3.11. The van der Waals surface area contributed by atoms with Gasteiger partial charge in [-0.15, -0.1) is 10.2 Å². The van der Waals surface area contributed by atoms with Crippen LogP contribution in [-0.4, -0.2) is 33.4 Å². The number of hydrogen-bond donors (Lipinski definition) is 0. The number of rotatable bonds is 8. The molecule has 6 heteroatoms. The van der Waals surface area contributed by atoms with Crippen molar-refractivity contribution in [3.63, 3.8) is 0 Å². The van der Waals surface area contributed by atoms with Crippen LogP contribution in [0, 0.1) is 0 Å². The van der Waals surface area contributed by atoms with Gasteiger partial charge in [0, 0.05) is 18.2 Å². The van der Waals surface area contributed by atoms with Crippen LogP contribution in [0.1, 0.15) is 42.1 Å². The van der Waals surface area contributed by atoms with E-state index in [9.17, 15) is 4.79 Å². The number of Topliss-reactive ketones (excluding diaryl/α,β-unsaturated/α-hetero) is 1. The molecule has 1 atom stereocenters. The molecule has 0 fully saturated rings. The summed E-state index contributed by atoms with van der Waals surface area (Å²) in [4.78, 5) is 12.5. The minimum atomic E-state index is 0.0923. The van der Waals surface area contributed by atoms with Crippen molar-refractivity contribution in [3.8, 4) is 17.1 Å². The van der Waals surface area contributed by atoms with E-state index in [0.717, 1.165) is 34.3 Å². The highest BCUT2D eigenvalue weighted by Gasteiger charge is 2.14. The number of benzene rings is 2. The minimum absolute atomic E-state index is 0.0923. The molecular weight excluding hydrogens is 370 g/mol. The van der Waals surface area contributed by atoms with Crippen molar-refractivity contribution in [2.75, 3.05) is 12.9 Å². The van der Waals surface area contributed by atoms with Crippen LogP contribution < -0.4 is 4.74 Å². The molecule has 28 heavy (non-hydrogen) atoms. The van der Waals surface area contributed by atoms with Crippen LogP contribution in [0.3, 0.4) is 0 Å². The normalized spacial score (nSPS) is 12.0. The summed E-state index contributed by atoms with van der Waals surface area (Å²) in [5.74, 6) is 2.49. The van der Waals surface area contributed by atoms with Gasteiger partial charge in [-0.1, -0.05) is 49.9 Å². The second-order valence-corrected chi connectivity index (χ2v) is 7.68. The summed E-state index contributed by atoms with van der Waals surface area (Å²) in [6, 6.07) is 15.6. The molecule has 0 aliphatic rings. The van der Waals surface area contributed by atoms with E-state index >= 15 is 0 Å². The predicted octanol–water partition coefficient (Wildman–Crippen LogP) is 4.98. The third kappa shape index (κ3) is 4.44. The van der Waals surface area contributed by atoms with Crippen molar-refractivity contribution < 1.29 is 9.53 Å². The monoisotopic (exact) mass is 395 g/mol. The fourth-order valence-corrected chi connectivity index (χ4v) is 3.68. The molecule has 0 saturated carbocycles. The van der Waals surface area contributed by atoms with Crippen LogP contribution in [0.5, 0.6) is 5.75 Å². The molecule has 1 aromatic heterocycles. The van der Waals surface area contributed by atoms with Gasteiger partial charge in [-0.2, -0.15) is 0 Å². The minimum Gasteiger partial charge on any atom is -0.497 e. The van der Waals surface area contributed by atoms with Gasteiger partial charge in [0.15, 0.2) is 16.8 Å². The third-order valence-electron chi connectivity index (χ3n) is 4.93. The lowest BCUT2D eigenvalue weighted by Crippen LogP contribution is -2.04. The lowest BCUT2D eigenvalue weighted by Gasteiger charge is -2.09. The molecule has 3 rings (SSSR count). The molecule has 5 nitrogen and oxygen atoms in total. The number of ketones is 1. The van der Waals surface area contributed by atoms with Crippen LogP contribution in [0.4, 0.5) is 0 Å². The van der Waals surface area contributed by atoms with Gasteiger partial charge >= 0.3 is 0 Å². The second kappa shape index (κ2) is 9.06. The van der Waals surface area contributed by atoms with Gasteiger partial charge < -0.3 is 9.30 Å². The molecule has 0 spiro atoms. The highest BCUT2D eigenvalue weighted by atomic mass is 32.2. The zero-order valence-electron chi connectivity index (χ0n) is 16.7. The van der Waals surface area contributed by atoms with Gasteiger partial charge in [-0.25, -0.2) is 0 Å². The van der Waals surface area contributed by atoms with E-state index in [1.807, 2.05) is 48.0 Å². The van der Waals surface area contributed by atoms with Gasteiger partial charge in [0.2, 0.25) is 0 Å². The Hall–Kier alpha value is -2.60. The molecule has 146 valence electrons. The molecule has 1 heterocycles. The summed E-state index contributed by atoms with van der Waals surface area (Å²) in [6.45, 7) is 4.36. The van der Waals surface area contributed by atoms with Crippen molar-refractivity contribution >= 4 is 17.5 Å². The smallest absolute Gasteiger partial charge is 0.191 e. The van der Waals surface area contributed by atoms with E-state index in [-0.39, 0.29) is 5.78 Å². The summed E-state index contributed by atoms with van der Waals surface area (Å²) < 4.78 is 7.10. The fraction of sp³-hybridized carbons (Fsp3) is 0.318. The van der Waals surface area contributed by atoms with Crippen LogP contribution in [-0.2, 0) is 7.05 Å². The summed E-state index contributed by atoms with van der Waals surface area (Å²) in [5, 5.41) is 9.23. The Balaban J connectivity index is 1.66. The summed E-state index contributed by atoms with van der Waals surface area (Å²) in [7, 11) is 3.55. The summed E-state index contributed by atoms with van der Waals surface area (Å²) in [6.07, 6.45) is 1.09. The largest absolute Gasteiger partial charge is 0.497 e. The first-order chi connectivity index (χ1) is 13.5. The van der Waals surface area contributed by atoms with Crippen LogP contribution in [0.25, 0.3) is 11.4 Å². The summed E-state index contributed by atoms with van der Waals surface area (Å²) in [5.41, 5.74) is 2.95. The van der Waals surface area contributed by atoms with Crippen LogP contribution >= 0.6 is 11.8 Å². The number of ether oxygens (including phenoxy) is 1. The van der Waals surface area contributed by atoms with Crippen molar-refractivity contribution in [2.24, 2.45) is 7.05 Å². The van der Waals surface area contributed by atoms with Gasteiger partial charge in [0.05, 0.1) is 12.9 Å². The van der Waals surface area contributed by atoms with Crippen LogP contribution in [0.15, 0.2) is 53.7 Å². The zero-order chi connectivity index (χ0) is 20.1. The predicted molar refractivity (Wildman–Crippen MR) is 113 cm³/mol. The Bertz CT molecular complexity index is 933. The van der Waals surface area contributed by atoms with Crippen LogP contribution in [0.2, 0.25) is 0 Å². The molecule has 0 N–H and O–H groups in total. The number of aromatic nitrogens is 3. The first-order valence-corrected chi connectivity index (χ1v) is 10.3. The lowest BCUT2D eigenvalue weighted by atomic mass is 9.97. The van der Waals surface area contributed by atoms with Gasteiger partial charge in [0.1, 0.15) is 5.75 Å². The molecule has 0 aliphatic heterocycles. The maximum Gasteiger partial charge on any atom is 0.191 e. The molecule has 0 amide bonds. The number of nitrogens with zero attached hydrogens (tertiary/aromatic N) is 3. The topological polar surface area (TPSA) is 57.0 Å². The molecule has 2 aromatic carbocycles. The van der Waals surface area contributed by atoms with Crippen molar-refractivity contribution in [1.29, 1.82) is 0 Å². The average molecular weight is 396 g/mol. The lowest BCUT2D eigenvalue weighted by molar-refractivity contribution is 0.102. The molecular formula is C22H25N3O2S. The Morgan fingerprint density at radius 3 is 2.39 bits per heavy atom. The van der Waals surface area contributed by atoms with E-state index in [4.69, 9.17) is 4.74 Å². The maximum absolute atomic E-state index is 12.5. The standard InChI is InChI=1S/C22H25N3O2S/c1-5-15(2)16-6-8-17(9-7-16)20(26)14-28-22-24-23-21(25(22)3)18-10-12-19(27-4)13-11-18/h6-13,15H,5,14H2,1-4H3/t15-/m0/s1. The van der Waals surface area contributed by atoms with E-state index in [1.165, 1.54) is 17.3 Å². The van der Waals surface area contributed by atoms with Gasteiger partial charge in [-0.3, -0.25) is 4.79 Å². The van der Waals surface area contributed by atoms with E-state index in [2.05, 4.69) is 36.2 Å². The molecule has 0 radical (unpaired) electrons.